The molecule has 2 aliphatic heterocycles. The summed E-state index contributed by atoms with van der Waals surface area (Å²) in [6, 6.07) is 15.3. The molecule has 260 valence electrons. The van der Waals surface area contributed by atoms with Crippen LogP contribution in [0.5, 0.6) is 5.75 Å². The lowest BCUT2D eigenvalue weighted by Gasteiger charge is -2.38. The molecular weight excluding hydrogens is 658 g/mol. The molecule has 1 saturated carbocycles. The molecule has 3 aliphatic rings. The third kappa shape index (κ3) is 5.66. The molecule has 0 N–H and O–H groups in total. The Kier molecular flexibility index (Phi) is 9.46. The Bertz CT molecular complexity index is 2200. The maximum atomic E-state index is 17.5. The van der Waals surface area contributed by atoms with Crippen molar-refractivity contribution < 1.29 is 27.6 Å². The molecule has 4 heterocycles. The Balaban J connectivity index is 1.48. The Morgan fingerprint density at radius 3 is 2.70 bits per heavy atom. The number of nitrogens with zero attached hydrogens (tertiary/aromatic N) is 5. The molecule has 0 spiro atoms. The van der Waals surface area contributed by atoms with Gasteiger partial charge in [-0.15, -0.1) is 0 Å². The number of carbonyl (C=O) groups excluding carboxylic acids is 1. The molecule has 50 heavy (non-hydrogen) atoms. The fourth-order valence-electron chi connectivity index (χ4n) is 7.74. The van der Waals surface area contributed by atoms with E-state index in [9.17, 15) is 14.3 Å². The lowest BCUT2D eigenvalue weighted by molar-refractivity contribution is 0.0512. The minimum Gasteiger partial charge on any atom is -0.468 e. The van der Waals surface area contributed by atoms with E-state index in [0.29, 0.717) is 64.9 Å². The SMILES string of the molecule is CCCCOC(=O)N1CC2CC1C2n1c(CC)nc2c(S(C)=O)nc3c(F)c(-c4cc(OCOC)cc5ccccc45)c(CCC#N)cc3c21. The van der Waals surface area contributed by atoms with E-state index in [0.717, 1.165) is 35.9 Å². The monoisotopic (exact) mass is 697 g/mol. The minimum absolute atomic E-state index is 0.0191. The number of ether oxygens (including phenoxy) is 3. The summed E-state index contributed by atoms with van der Waals surface area (Å²) in [5, 5.41) is 12.1. The van der Waals surface area contributed by atoms with Crippen LogP contribution in [0.3, 0.4) is 0 Å². The third-order valence-corrected chi connectivity index (χ3v) is 10.9. The van der Waals surface area contributed by atoms with Gasteiger partial charge in [0.25, 0.3) is 0 Å². The summed E-state index contributed by atoms with van der Waals surface area (Å²) in [6.07, 6.45) is 4.84. The van der Waals surface area contributed by atoms with Gasteiger partial charge in [0, 0.05) is 49.6 Å². The first-order valence-corrected chi connectivity index (χ1v) is 18.7. The Morgan fingerprint density at radius 2 is 1.96 bits per heavy atom. The summed E-state index contributed by atoms with van der Waals surface area (Å²) in [5.74, 6) is 0.873. The summed E-state index contributed by atoms with van der Waals surface area (Å²) in [5.41, 5.74) is 2.76. The van der Waals surface area contributed by atoms with Crippen molar-refractivity contribution in [3.05, 3.63) is 59.7 Å². The van der Waals surface area contributed by atoms with E-state index in [1.165, 1.54) is 13.4 Å². The first-order chi connectivity index (χ1) is 24.3. The van der Waals surface area contributed by atoms with Crippen LogP contribution in [0.2, 0.25) is 0 Å². The average molecular weight is 698 g/mol. The standard InChI is InChI=1S/C38H40FN5O5S/c1-5-7-15-48-38(45)43-20-24-18-29(43)35(24)44-30(6-2)41-34-36(44)28-17-23(12-10-14-40)31(32(39)33(28)42-37(34)50(4)46)27-19-25(49-21-47-3)16-22-11-8-9-13-26(22)27/h8-9,11,13,16-17,19,24,29,35H,5-7,10,12,15,18,20-21H2,1-4H3. The van der Waals surface area contributed by atoms with Crippen LogP contribution in [-0.4, -0.2) is 69.1 Å². The van der Waals surface area contributed by atoms with Crippen molar-refractivity contribution in [3.63, 3.8) is 0 Å². The topological polar surface area (TPSA) is 120 Å². The Labute approximate surface area is 292 Å². The van der Waals surface area contributed by atoms with E-state index >= 15 is 4.39 Å². The number of aryl methyl sites for hydroxylation is 2. The third-order valence-electron chi connectivity index (χ3n) is 10.0. The zero-order valence-corrected chi connectivity index (χ0v) is 29.5. The zero-order valence-electron chi connectivity index (χ0n) is 28.7. The van der Waals surface area contributed by atoms with Crippen LogP contribution in [0.15, 0.2) is 47.5 Å². The molecule has 12 heteroatoms. The molecule has 3 fully saturated rings. The van der Waals surface area contributed by atoms with Crippen molar-refractivity contribution in [2.24, 2.45) is 5.92 Å². The largest absolute Gasteiger partial charge is 0.468 e. The molecule has 3 aromatic carbocycles. The fraction of sp³-hybridized carbons (Fsp3) is 0.421. The summed E-state index contributed by atoms with van der Waals surface area (Å²) in [4.78, 5) is 24.7. The highest BCUT2D eigenvalue weighted by atomic mass is 32.2. The number of methoxy groups -OCH3 is 1. The number of fused-ring (bicyclic) bond motifs is 5. The number of unbranched alkanes of at least 4 members (excludes halogenated alkanes) is 1. The summed E-state index contributed by atoms with van der Waals surface area (Å²) in [6.45, 7) is 5.03. The number of nitriles is 1. The van der Waals surface area contributed by atoms with Crippen molar-refractivity contribution >= 4 is 49.6 Å². The normalized spacial score (nSPS) is 18.8. The number of benzene rings is 3. The van der Waals surface area contributed by atoms with Gasteiger partial charge in [-0.3, -0.25) is 4.21 Å². The van der Waals surface area contributed by atoms with E-state index in [2.05, 4.69) is 17.6 Å². The van der Waals surface area contributed by atoms with Crippen molar-refractivity contribution in [3.8, 4) is 22.9 Å². The number of aromatic nitrogens is 3. The van der Waals surface area contributed by atoms with Gasteiger partial charge in [-0.1, -0.05) is 44.5 Å². The molecule has 2 bridgehead atoms. The van der Waals surface area contributed by atoms with Gasteiger partial charge < -0.3 is 23.7 Å². The van der Waals surface area contributed by atoms with E-state index in [1.807, 2.05) is 48.2 Å². The van der Waals surface area contributed by atoms with Gasteiger partial charge in [-0.05, 0) is 59.4 Å². The highest BCUT2D eigenvalue weighted by Gasteiger charge is 2.56. The molecule has 0 radical (unpaired) electrons. The maximum absolute atomic E-state index is 17.5. The van der Waals surface area contributed by atoms with Gasteiger partial charge >= 0.3 is 6.09 Å². The molecular formula is C38H40FN5O5S. The quantitative estimate of drug-likeness (QED) is 0.0974. The second-order valence-electron chi connectivity index (χ2n) is 13.0. The van der Waals surface area contributed by atoms with Crippen LogP contribution >= 0.6 is 0 Å². The van der Waals surface area contributed by atoms with Crippen LogP contribution < -0.4 is 4.74 Å². The van der Waals surface area contributed by atoms with Gasteiger partial charge in [-0.25, -0.2) is 19.2 Å². The van der Waals surface area contributed by atoms with Gasteiger partial charge in [-0.2, -0.15) is 5.26 Å². The van der Waals surface area contributed by atoms with Crippen molar-refractivity contribution in [2.75, 3.05) is 33.3 Å². The van der Waals surface area contributed by atoms with Crippen LogP contribution in [0.4, 0.5) is 9.18 Å². The Hall–Kier alpha value is -4.60. The minimum atomic E-state index is -1.59. The highest BCUT2D eigenvalue weighted by Crippen LogP contribution is 2.52. The number of imidazole rings is 1. The molecule has 5 aromatic rings. The zero-order chi connectivity index (χ0) is 35.1. The van der Waals surface area contributed by atoms with Crippen molar-refractivity contribution in [2.45, 2.75) is 69.5 Å². The van der Waals surface area contributed by atoms with Crippen LogP contribution in [0.1, 0.15) is 57.0 Å². The van der Waals surface area contributed by atoms with Gasteiger partial charge in [0.05, 0.1) is 41.1 Å². The lowest BCUT2D eigenvalue weighted by Crippen LogP contribution is -2.43. The van der Waals surface area contributed by atoms with Gasteiger partial charge in [0.15, 0.2) is 17.6 Å². The summed E-state index contributed by atoms with van der Waals surface area (Å²) in [7, 11) is -0.0542. The molecule has 4 atom stereocenters. The van der Waals surface area contributed by atoms with Crippen molar-refractivity contribution in [1.29, 1.82) is 5.26 Å². The predicted molar refractivity (Wildman–Crippen MR) is 190 cm³/mol. The lowest BCUT2D eigenvalue weighted by atomic mass is 9.79. The van der Waals surface area contributed by atoms with Crippen molar-refractivity contribution in [1.82, 2.24) is 19.4 Å². The second-order valence-corrected chi connectivity index (χ2v) is 14.3. The average Bonchev–Trinajstić information content (AvgIpc) is 3.82. The first-order valence-electron chi connectivity index (χ1n) is 17.2. The number of carbonyl (C=O) groups is 1. The smallest absolute Gasteiger partial charge is 0.410 e. The van der Waals surface area contributed by atoms with E-state index in [1.54, 1.807) is 6.07 Å². The number of halogens is 1. The summed E-state index contributed by atoms with van der Waals surface area (Å²) < 4.78 is 49.6. The molecule has 1 amide bonds. The number of hydrogen-bond donors (Lipinski definition) is 0. The van der Waals surface area contributed by atoms with E-state index in [4.69, 9.17) is 24.2 Å². The first kappa shape index (κ1) is 33.9. The number of amides is 1. The molecule has 10 nitrogen and oxygen atoms in total. The van der Waals surface area contributed by atoms with Gasteiger partial charge in [0.1, 0.15) is 22.6 Å². The predicted octanol–water partition coefficient (Wildman–Crippen LogP) is 7.46. The number of rotatable bonds is 12. The van der Waals surface area contributed by atoms with E-state index < -0.39 is 16.6 Å². The molecule has 2 aromatic heterocycles. The number of pyridine rings is 1. The van der Waals surface area contributed by atoms with Crippen LogP contribution in [-0.2, 0) is 33.1 Å². The molecule has 4 unspecified atom stereocenters. The highest BCUT2D eigenvalue weighted by molar-refractivity contribution is 7.84. The van der Waals surface area contributed by atoms with Crippen LogP contribution in [0.25, 0.3) is 43.8 Å². The van der Waals surface area contributed by atoms with Gasteiger partial charge in [0.2, 0.25) is 0 Å². The number of hydrogen-bond acceptors (Lipinski definition) is 8. The fourth-order valence-corrected chi connectivity index (χ4v) is 8.38. The molecule has 2 saturated heterocycles. The van der Waals surface area contributed by atoms with Crippen LogP contribution in [0, 0.1) is 23.1 Å². The molecule has 8 rings (SSSR count). The second kappa shape index (κ2) is 14.0. The molecule has 1 aliphatic carbocycles. The Morgan fingerprint density at radius 1 is 1.14 bits per heavy atom. The maximum Gasteiger partial charge on any atom is 0.410 e. The summed E-state index contributed by atoms with van der Waals surface area (Å²) >= 11 is 0. The van der Waals surface area contributed by atoms with E-state index in [-0.39, 0.29) is 47.9 Å².